The molecule has 0 aromatic carbocycles. The molecule has 6 nitrogen and oxygen atoms in total. The molecule has 0 saturated carbocycles. The Labute approximate surface area is 123 Å². The van der Waals surface area contributed by atoms with E-state index in [-0.39, 0.29) is 12.1 Å². The topological polar surface area (TPSA) is 64.5 Å². The Kier molecular flexibility index (Phi) is 4.93. The maximum absolute atomic E-state index is 11.6. The first-order chi connectivity index (χ1) is 9.49. The van der Waals surface area contributed by atoms with E-state index in [0.29, 0.717) is 19.0 Å². The van der Waals surface area contributed by atoms with Crippen molar-refractivity contribution in [3.63, 3.8) is 0 Å². The molecule has 1 unspecified atom stereocenters. The van der Waals surface area contributed by atoms with Crippen LogP contribution >= 0.6 is 11.5 Å². The summed E-state index contributed by atoms with van der Waals surface area (Å²) >= 11 is 1.38. The highest BCUT2D eigenvalue weighted by Crippen LogP contribution is 2.23. The van der Waals surface area contributed by atoms with E-state index in [1.807, 2.05) is 6.92 Å². The Morgan fingerprint density at radius 1 is 1.55 bits per heavy atom. The van der Waals surface area contributed by atoms with Gasteiger partial charge in [0.2, 0.25) is 5.13 Å². The molecule has 2 atom stereocenters. The lowest BCUT2D eigenvalue weighted by atomic mass is 10.1. The minimum atomic E-state index is -0.554. The Morgan fingerprint density at radius 3 is 2.95 bits per heavy atom. The number of methoxy groups -OCH3 is 1. The molecule has 1 aromatic heterocycles. The Balaban J connectivity index is 2.07. The summed E-state index contributed by atoms with van der Waals surface area (Å²) in [5.74, 6) is 1.06. The van der Waals surface area contributed by atoms with Crippen molar-refractivity contribution < 1.29 is 14.3 Å². The van der Waals surface area contributed by atoms with Gasteiger partial charge in [-0.3, -0.25) is 0 Å². The fourth-order valence-corrected chi connectivity index (χ4v) is 2.90. The predicted molar refractivity (Wildman–Crippen MR) is 77.0 cm³/mol. The van der Waals surface area contributed by atoms with E-state index >= 15 is 0 Å². The van der Waals surface area contributed by atoms with Crippen LogP contribution in [-0.4, -0.2) is 47.7 Å². The van der Waals surface area contributed by atoms with Gasteiger partial charge in [-0.1, -0.05) is 13.8 Å². The lowest BCUT2D eigenvalue weighted by Crippen LogP contribution is -2.50. The summed E-state index contributed by atoms with van der Waals surface area (Å²) < 4.78 is 14.7. The van der Waals surface area contributed by atoms with Crippen LogP contribution in [0.2, 0.25) is 0 Å². The van der Waals surface area contributed by atoms with Crippen molar-refractivity contribution in [2.24, 2.45) is 5.92 Å². The minimum absolute atomic E-state index is 0.0368. The zero-order chi connectivity index (χ0) is 14.7. The van der Waals surface area contributed by atoms with Crippen molar-refractivity contribution in [2.75, 3.05) is 25.1 Å². The number of hydrogen-bond acceptors (Lipinski definition) is 7. The highest BCUT2D eigenvalue weighted by molar-refractivity contribution is 7.09. The highest BCUT2D eigenvalue weighted by Gasteiger charge is 2.32. The molecule has 20 heavy (non-hydrogen) atoms. The molecule has 1 aromatic rings. The van der Waals surface area contributed by atoms with Crippen LogP contribution in [0.1, 0.15) is 26.6 Å². The number of carbonyl (C=O) groups is 1. The molecule has 112 valence electrons. The summed E-state index contributed by atoms with van der Waals surface area (Å²) in [6, 6.07) is 0. The first-order valence-corrected chi connectivity index (χ1v) is 7.57. The van der Waals surface area contributed by atoms with Gasteiger partial charge >= 0.3 is 5.97 Å². The number of morpholine rings is 1. The average Bonchev–Trinajstić information content (AvgIpc) is 2.84. The quantitative estimate of drug-likeness (QED) is 0.785. The van der Waals surface area contributed by atoms with Gasteiger partial charge in [0.15, 0.2) is 6.10 Å². The van der Waals surface area contributed by atoms with Gasteiger partial charge in [0.1, 0.15) is 5.82 Å². The van der Waals surface area contributed by atoms with Crippen molar-refractivity contribution >= 4 is 22.6 Å². The van der Waals surface area contributed by atoms with Gasteiger partial charge in [-0.2, -0.15) is 4.37 Å². The molecule has 0 amide bonds. The van der Waals surface area contributed by atoms with Crippen LogP contribution in [0.5, 0.6) is 0 Å². The lowest BCUT2D eigenvalue weighted by Gasteiger charge is -2.34. The zero-order valence-electron chi connectivity index (χ0n) is 12.3. The summed E-state index contributed by atoms with van der Waals surface area (Å²) in [5.41, 5.74) is 0. The number of nitrogens with zero attached hydrogens (tertiary/aromatic N) is 3. The van der Waals surface area contributed by atoms with E-state index in [1.165, 1.54) is 18.6 Å². The number of esters is 1. The third-order valence-corrected chi connectivity index (χ3v) is 3.86. The van der Waals surface area contributed by atoms with Gasteiger partial charge < -0.3 is 14.4 Å². The zero-order valence-corrected chi connectivity index (χ0v) is 13.1. The van der Waals surface area contributed by atoms with E-state index in [1.54, 1.807) is 0 Å². The van der Waals surface area contributed by atoms with Crippen LogP contribution in [-0.2, 0) is 20.7 Å². The van der Waals surface area contributed by atoms with Crippen molar-refractivity contribution in [3.8, 4) is 0 Å². The number of carbonyl (C=O) groups excluding carboxylic acids is 1. The van der Waals surface area contributed by atoms with Crippen LogP contribution in [0, 0.1) is 5.92 Å². The molecule has 1 saturated heterocycles. The Hall–Kier alpha value is -1.21. The largest absolute Gasteiger partial charge is 0.467 e. The third kappa shape index (κ3) is 3.67. The smallest absolute Gasteiger partial charge is 0.336 e. The molecule has 0 spiro atoms. The summed E-state index contributed by atoms with van der Waals surface area (Å²) in [6.45, 7) is 7.41. The fourth-order valence-electron chi connectivity index (χ4n) is 2.19. The number of rotatable bonds is 4. The van der Waals surface area contributed by atoms with Gasteiger partial charge in [0.25, 0.3) is 0 Å². The molecule has 0 aliphatic carbocycles. The number of hydrogen-bond donors (Lipinski definition) is 0. The van der Waals surface area contributed by atoms with E-state index in [2.05, 4.69) is 28.1 Å². The molecular formula is C13H21N3O3S. The van der Waals surface area contributed by atoms with Gasteiger partial charge in [-0.05, 0) is 12.8 Å². The van der Waals surface area contributed by atoms with E-state index in [4.69, 9.17) is 9.47 Å². The van der Waals surface area contributed by atoms with Crippen molar-refractivity contribution in [2.45, 2.75) is 39.4 Å². The van der Waals surface area contributed by atoms with Crippen LogP contribution in [0.4, 0.5) is 5.13 Å². The van der Waals surface area contributed by atoms with Crippen LogP contribution in [0.3, 0.4) is 0 Å². The Morgan fingerprint density at radius 2 is 2.30 bits per heavy atom. The summed E-state index contributed by atoms with van der Waals surface area (Å²) in [5, 5.41) is 0.852. The maximum atomic E-state index is 11.6. The van der Waals surface area contributed by atoms with Crippen molar-refractivity contribution in [1.29, 1.82) is 0 Å². The maximum Gasteiger partial charge on any atom is 0.336 e. The van der Waals surface area contributed by atoms with Crippen LogP contribution in [0.25, 0.3) is 0 Å². The van der Waals surface area contributed by atoms with Crippen LogP contribution in [0.15, 0.2) is 0 Å². The standard InChI is InChI=1S/C13H21N3O3S/c1-8(2)5-11-14-13(20-15-11)16-6-9(3)19-10(7-16)12(17)18-4/h8-10H,5-7H2,1-4H3/t9-,10?/m1/s1. The number of aromatic nitrogens is 2. The van der Waals surface area contributed by atoms with Crippen LogP contribution < -0.4 is 4.90 Å². The SMILES string of the molecule is COC(=O)C1CN(c2nc(CC(C)C)ns2)C[C@@H](C)O1. The predicted octanol–water partition coefficient (Wildman–Crippen LogP) is 1.50. The molecule has 1 aliphatic rings. The second kappa shape index (κ2) is 6.49. The fraction of sp³-hybridized carbons (Fsp3) is 0.769. The molecule has 1 fully saturated rings. The molecule has 2 heterocycles. The molecule has 0 bridgehead atoms. The second-order valence-corrected chi connectivity index (χ2v) is 6.18. The lowest BCUT2D eigenvalue weighted by molar-refractivity contribution is -0.158. The molecule has 1 aliphatic heterocycles. The molecule has 0 N–H and O–H groups in total. The molecular weight excluding hydrogens is 278 g/mol. The molecule has 7 heteroatoms. The van der Waals surface area contributed by atoms with Crippen molar-refractivity contribution in [1.82, 2.24) is 9.36 Å². The summed E-state index contributed by atoms with van der Waals surface area (Å²) in [6.07, 6.45) is 0.281. The normalized spacial score (nSPS) is 23.1. The average molecular weight is 299 g/mol. The first kappa shape index (κ1) is 15.2. The van der Waals surface area contributed by atoms with Gasteiger partial charge in [-0.15, -0.1) is 0 Å². The summed E-state index contributed by atoms with van der Waals surface area (Å²) in [7, 11) is 1.38. The van der Waals surface area contributed by atoms with E-state index < -0.39 is 6.10 Å². The third-order valence-electron chi connectivity index (χ3n) is 3.04. The summed E-state index contributed by atoms with van der Waals surface area (Å²) in [4.78, 5) is 18.2. The first-order valence-electron chi connectivity index (χ1n) is 6.80. The molecule has 2 rings (SSSR count). The highest BCUT2D eigenvalue weighted by atomic mass is 32.1. The number of anilines is 1. The van der Waals surface area contributed by atoms with Gasteiger partial charge in [-0.25, -0.2) is 9.78 Å². The minimum Gasteiger partial charge on any atom is -0.467 e. The molecule has 0 radical (unpaired) electrons. The van der Waals surface area contributed by atoms with Crippen molar-refractivity contribution in [3.05, 3.63) is 5.82 Å². The monoisotopic (exact) mass is 299 g/mol. The van der Waals surface area contributed by atoms with Gasteiger partial charge in [0.05, 0.1) is 19.8 Å². The Bertz CT molecular complexity index is 463. The second-order valence-electron chi connectivity index (χ2n) is 5.45. The van der Waals surface area contributed by atoms with E-state index in [0.717, 1.165) is 17.4 Å². The van der Waals surface area contributed by atoms with E-state index in [9.17, 15) is 4.79 Å². The van der Waals surface area contributed by atoms with Gasteiger partial charge in [0, 0.05) is 24.5 Å². The number of ether oxygens (including phenoxy) is 2.